The maximum absolute atomic E-state index is 12.5. The van der Waals surface area contributed by atoms with Crippen molar-refractivity contribution in [2.24, 2.45) is 4.99 Å². The fourth-order valence-corrected chi connectivity index (χ4v) is 7.60. The molecule has 0 bridgehead atoms. The summed E-state index contributed by atoms with van der Waals surface area (Å²) in [4.78, 5) is 18.8. The molecule has 2 aromatic rings. The molecule has 0 saturated carbocycles. The van der Waals surface area contributed by atoms with Gasteiger partial charge < -0.3 is 9.64 Å². The number of nitrogens with zero attached hydrogens (tertiary/aromatic N) is 2. The number of carbonyl (C=O) groups excluding carboxylic acids is 1. The zero-order chi connectivity index (χ0) is 20.4. The van der Waals surface area contributed by atoms with Gasteiger partial charge in [0, 0.05) is 17.4 Å². The molecule has 0 aliphatic carbocycles. The second-order valence-electron chi connectivity index (χ2n) is 7.14. The van der Waals surface area contributed by atoms with Gasteiger partial charge in [0.25, 0.3) is 0 Å². The molecule has 0 aromatic heterocycles. The van der Waals surface area contributed by atoms with E-state index in [9.17, 15) is 13.2 Å². The van der Waals surface area contributed by atoms with E-state index >= 15 is 0 Å². The highest BCUT2D eigenvalue weighted by Crippen LogP contribution is 2.41. The van der Waals surface area contributed by atoms with E-state index < -0.39 is 9.84 Å². The molecule has 2 aromatic carbocycles. The van der Waals surface area contributed by atoms with Crippen LogP contribution in [0.2, 0.25) is 0 Å². The van der Waals surface area contributed by atoms with Gasteiger partial charge in [-0.2, -0.15) is 4.99 Å². The van der Waals surface area contributed by atoms with Crippen LogP contribution in [0.5, 0.6) is 5.75 Å². The van der Waals surface area contributed by atoms with Crippen LogP contribution < -0.4 is 9.64 Å². The molecule has 0 unspecified atom stereocenters. The highest BCUT2D eigenvalue weighted by atomic mass is 32.2. The minimum absolute atomic E-state index is 0.0773. The number of sulfone groups is 1. The van der Waals surface area contributed by atoms with Gasteiger partial charge in [0.05, 0.1) is 24.7 Å². The molecule has 8 heteroatoms. The van der Waals surface area contributed by atoms with Crippen molar-refractivity contribution in [1.82, 2.24) is 0 Å². The van der Waals surface area contributed by atoms with E-state index in [4.69, 9.17) is 4.74 Å². The topological polar surface area (TPSA) is 76.0 Å². The Morgan fingerprint density at radius 2 is 1.86 bits per heavy atom. The lowest BCUT2D eigenvalue weighted by Crippen LogP contribution is -2.37. The molecule has 1 amide bonds. The highest BCUT2D eigenvalue weighted by molar-refractivity contribution is 8.16. The monoisotopic (exact) mass is 430 g/mol. The molecule has 2 aliphatic rings. The van der Waals surface area contributed by atoms with Gasteiger partial charge in [0.1, 0.15) is 5.75 Å². The molecule has 29 heavy (non-hydrogen) atoms. The summed E-state index contributed by atoms with van der Waals surface area (Å²) in [5.41, 5.74) is 1.91. The van der Waals surface area contributed by atoms with E-state index in [2.05, 4.69) is 4.99 Å². The first-order valence-corrected chi connectivity index (χ1v) is 12.1. The van der Waals surface area contributed by atoms with E-state index in [1.165, 1.54) is 11.8 Å². The Morgan fingerprint density at radius 1 is 1.14 bits per heavy atom. The number of rotatable bonds is 5. The smallest absolute Gasteiger partial charge is 0.248 e. The van der Waals surface area contributed by atoms with Crippen LogP contribution in [-0.4, -0.2) is 49.4 Å². The minimum atomic E-state index is -3.08. The molecule has 0 N–H and O–H groups in total. The second-order valence-corrected chi connectivity index (χ2v) is 10.5. The number of thioether (sulfide) groups is 1. The van der Waals surface area contributed by atoms with Crippen molar-refractivity contribution in [3.05, 3.63) is 60.2 Å². The lowest BCUT2D eigenvalue weighted by molar-refractivity contribution is -0.117. The van der Waals surface area contributed by atoms with Crippen LogP contribution in [0.3, 0.4) is 0 Å². The SMILES string of the molecule is COc1ccc(N2C(=NC(=O)CCc3ccccc3)S[C@@H]3CS(=O)(=O)C[C@H]32)cc1. The number of aryl methyl sites for hydroxylation is 1. The number of amidine groups is 1. The first-order valence-electron chi connectivity index (χ1n) is 9.41. The molecule has 2 atom stereocenters. The number of anilines is 1. The molecule has 152 valence electrons. The highest BCUT2D eigenvalue weighted by Gasteiger charge is 2.49. The number of amides is 1. The number of benzene rings is 2. The van der Waals surface area contributed by atoms with Crippen LogP contribution >= 0.6 is 11.8 Å². The van der Waals surface area contributed by atoms with E-state index in [1.54, 1.807) is 7.11 Å². The van der Waals surface area contributed by atoms with E-state index in [1.807, 2.05) is 59.5 Å². The lowest BCUT2D eigenvalue weighted by atomic mass is 10.1. The zero-order valence-corrected chi connectivity index (χ0v) is 17.7. The van der Waals surface area contributed by atoms with E-state index in [0.717, 1.165) is 11.3 Å². The van der Waals surface area contributed by atoms with Crippen LogP contribution in [-0.2, 0) is 21.1 Å². The fourth-order valence-electron chi connectivity index (χ4n) is 3.67. The standard InChI is InChI=1S/C21H22N2O4S2/c1-27-17-10-8-16(9-11-17)23-18-13-29(25,26)14-19(18)28-21(23)22-20(24)12-7-15-5-3-2-4-6-15/h2-6,8-11,18-19H,7,12-14H2,1H3/t18-,19-/m1/s1. The summed E-state index contributed by atoms with van der Waals surface area (Å²) in [5, 5.41) is 0.473. The molecule has 2 heterocycles. The Hall–Kier alpha value is -2.32. The average Bonchev–Trinajstić information content (AvgIpc) is 3.18. The lowest BCUT2D eigenvalue weighted by Gasteiger charge is -2.24. The molecule has 2 fully saturated rings. The van der Waals surface area contributed by atoms with Gasteiger partial charge in [-0.15, -0.1) is 0 Å². The second kappa shape index (κ2) is 8.20. The molecule has 4 rings (SSSR count). The van der Waals surface area contributed by atoms with Crippen molar-refractivity contribution in [2.75, 3.05) is 23.5 Å². The summed E-state index contributed by atoms with van der Waals surface area (Å²) in [6, 6.07) is 17.0. The first-order chi connectivity index (χ1) is 13.9. The van der Waals surface area contributed by atoms with Gasteiger partial charge in [0.2, 0.25) is 5.91 Å². The van der Waals surface area contributed by atoms with Gasteiger partial charge in [0.15, 0.2) is 15.0 Å². The van der Waals surface area contributed by atoms with Crippen LogP contribution in [0, 0.1) is 0 Å². The van der Waals surface area contributed by atoms with Gasteiger partial charge in [-0.1, -0.05) is 42.1 Å². The molecule has 0 radical (unpaired) electrons. The summed E-state index contributed by atoms with van der Waals surface area (Å²) in [6.07, 6.45) is 0.947. The quantitative estimate of drug-likeness (QED) is 0.726. The zero-order valence-electron chi connectivity index (χ0n) is 16.0. The summed E-state index contributed by atoms with van der Waals surface area (Å²) < 4.78 is 29.5. The summed E-state index contributed by atoms with van der Waals surface area (Å²) in [6.45, 7) is 0. The van der Waals surface area contributed by atoms with E-state index in [0.29, 0.717) is 23.8 Å². The third-order valence-corrected chi connectivity index (χ3v) is 8.32. The summed E-state index contributed by atoms with van der Waals surface area (Å²) >= 11 is 1.39. The van der Waals surface area contributed by atoms with Crippen molar-refractivity contribution in [3.63, 3.8) is 0 Å². The van der Waals surface area contributed by atoms with Crippen molar-refractivity contribution in [2.45, 2.75) is 24.1 Å². The molecule has 0 spiro atoms. The predicted octanol–water partition coefficient (Wildman–Crippen LogP) is 2.93. The van der Waals surface area contributed by atoms with Gasteiger partial charge in [-0.25, -0.2) is 8.42 Å². The number of methoxy groups -OCH3 is 1. The van der Waals surface area contributed by atoms with Gasteiger partial charge in [-0.05, 0) is 36.2 Å². The predicted molar refractivity (Wildman–Crippen MR) is 116 cm³/mol. The number of aliphatic imine (C=N–C) groups is 1. The van der Waals surface area contributed by atoms with Crippen molar-refractivity contribution >= 4 is 38.4 Å². The Kier molecular flexibility index (Phi) is 5.65. The van der Waals surface area contributed by atoms with Crippen molar-refractivity contribution in [3.8, 4) is 5.75 Å². The third kappa shape index (κ3) is 4.48. The average molecular weight is 431 g/mol. The largest absolute Gasteiger partial charge is 0.497 e. The third-order valence-electron chi connectivity index (χ3n) is 5.11. The van der Waals surface area contributed by atoms with Gasteiger partial charge >= 0.3 is 0 Å². The first kappa shape index (κ1) is 20.0. The maximum Gasteiger partial charge on any atom is 0.248 e. The normalized spacial score (nSPS) is 23.9. The summed E-state index contributed by atoms with van der Waals surface area (Å²) in [7, 11) is -1.49. The summed E-state index contributed by atoms with van der Waals surface area (Å²) in [5.74, 6) is 0.714. The Bertz CT molecular complexity index is 1020. The Balaban J connectivity index is 1.57. The molecule has 6 nitrogen and oxygen atoms in total. The fraction of sp³-hybridized carbons (Fsp3) is 0.333. The van der Waals surface area contributed by atoms with Crippen LogP contribution in [0.25, 0.3) is 0 Å². The number of ether oxygens (including phenoxy) is 1. The number of fused-ring (bicyclic) bond motifs is 1. The molecule has 2 aliphatic heterocycles. The van der Waals surface area contributed by atoms with Crippen LogP contribution in [0.1, 0.15) is 12.0 Å². The molecular formula is C21H22N2O4S2. The maximum atomic E-state index is 12.5. The Morgan fingerprint density at radius 3 is 2.55 bits per heavy atom. The van der Waals surface area contributed by atoms with Gasteiger partial charge in [-0.3, -0.25) is 4.79 Å². The Labute approximate surface area is 174 Å². The minimum Gasteiger partial charge on any atom is -0.497 e. The van der Waals surface area contributed by atoms with Crippen LogP contribution in [0.4, 0.5) is 5.69 Å². The number of hydrogen-bond acceptors (Lipinski definition) is 5. The molecular weight excluding hydrogens is 408 g/mol. The van der Waals surface area contributed by atoms with Crippen LogP contribution in [0.15, 0.2) is 59.6 Å². The number of hydrogen-bond donors (Lipinski definition) is 0. The van der Waals surface area contributed by atoms with E-state index in [-0.39, 0.29) is 28.7 Å². The number of carbonyl (C=O) groups is 1. The van der Waals surface area contributed by atoms with Crippen molar-refractivity contribution < 1.29 is 17.9 Å². The molecule has 2 saturated heterocycles. The van der Waals surface area contributed by atoms with Crippen molar-refractivity contribution in [1.29, 1.82) is 0 Å².